The van der Waals surface area contributed by atoms with Crippen molar-refractivity contribution in [3.05, 3.63) is 84.8 Å². The summed E-state index contributed by atoms with van der Waals surface area (Å²) in [5.41, 5.74) is 2.29. The summed E-state index contributed by atoms with van der Waals surface area (Å²) in [7, 11) is 1.56. The van der Waals surface area contributed by atoms with Crippen molar-refractivity contribution < 1.29 is 19.4 Å². The molecule has 0 aliphatic carbocycles. The van der Waals surface area contributed by atoms with Gasteiger partial charge in [-0.05, 0) is 42.5 Å². The number of anilines is 1. The van der Waals surface area contributed by atoms with Gasteiger partial charge in [0.2, 0.25) is 0 Å². The van der Waals surface area contributed by atoms with Crippen LogP contribution >= 0.6 is 50.7 Å². The van der Waals surface area contributed by atoms with Crippen molar-refractivity contribution in [1.82, 2.24) is 0 Å². The molecule has 0 atom stereocenters. The summed E-state index contributed by atoms with van der Waals surface area (Å²) in [4.78, 5) is 11.1. The van der Waals surface area contributed by atoms with Crippen molar-refractivity contribution in [2.24, 2.45) is 0 Å². The van der Waals surface area contributed by atoms with E-state index >= 15 is 0 Å². The lowest BCUT2D eigenvalue weighted by Gasteiger charge is -2.18. The lowest BCUT2D eigenvalue weighted by molar-refractivity contribution is 0.0697. The normalized spacial score (nSPS) is 10.6. The first-order valence-corrected chi connectivity index (χ1v) is 10.9. The molecule has 0 aromatic heterocycles. The Balaban J connectivity index is 1.84. The second-order valence-corrected chi connectivity index (χ2v) is 8.54. The van der Waals surface area contributed by atoms with Gasteiger partial charge in [-0.25, -0.2) is 4.79 Å². The van der Waals surface area contributed by atoms with Gasteiger partial charge in [0.1, 0.15) is 6.61 Å². The van der Waals surface area contributed by atoms with Crippen molar-refractivity contribution >= 4 is 62.4 Å². The zero-order chi connectivity index (χ0) is 22.5. The molecule has 0 aliphatic heterocycles. The molecule has 0 bridgehead atoms. The summed E-state index contributed by atoms with van der Waals surface area (Å²) in [6.45, 7) is 0.583. The van der Waals surface area contributed by atoms with Crippen LogP contribution in [-0.4, -0.2) is 18.2 Å². The number of aromatic carboxylic acids is 1. The van der Waals surface area contributed by atoms with E-state index in [9.17, 15) is 4.79 Å². The van der Waals surface area contributed by atoms with E-state index < -0.39 is 5.97 Å². The highest BCUT2D eigenvalue weighted by atomic mass is 79.9. The molecule has 0 aliphatic rings. The third kappa shape index (κ3) is 5.77. The summed E-state index contributed by atoms with van der Waals surface area (Å²) in [6.07, 6.45) is 0. The quantitative estimate of drug-likeness (QED) is 0.311. The third-order valence-corrected chi connectivity index (χ3v) is 6.09. The smallest absolute Gasteiger partial charge is 0.337 e. The first-order chi connectivity index (χ1) is 14.8. The van der Waals surface area contributed by atoms with E-state index in [2.05, 4.69) is 21.2 Å². The van der Waals surface area contributed by atoms with E-state index in [-0.39, 0.29) is 17.2 Å². The SMILES string of the molecule is COc1ccc(Br)c(CNc2ccc(C(=O)O)c(Cl)c2)c1OCc1ccc(Cl)cc1Cl. The molecule has 162 valence electrons. The minimum atomic E-state index is -1.08. The number of hydrogen-bond donors (Lipinski definition) is 2. The molecule has 0 unspecified atom stereocenters. The van der Waals surface area contributed by atoms with E-state index in [1.807, 2.05) is 6.07 Å². The highest BCUT2D eigenvalue weighted by molar-refractivity contribution is 9.10. The summed E-state index contributed by atoms with van der Waals surface area (Å²) >= 11 is 21.8. The Kier molecular flexibility index (Phi) is 7.94. The van der Waals surface area contributed by atoms with Crippen molar-refractivity contribution in [1.29, 1.82) is 0 Å². The maximum atomic E-state index is 11.1. The van der Waals surface area contributed by atoms with Gasteiger partial charge in [-0.3, -0.25) is 0 Å². The van der Waals surface area contributed by atoms with Gasteiger partial charge in [-0.2, -0.15) is 0 Å². The summed E-state index contributed by atoms with van der Waals surface area (Å²) in [5.74, 6) is 0.0247. The molecule has 3 aromatic carbocycles. The van der Waals surface area contributed by atoms with Gasteiger partial charge >= 0.3 is 5.97 Å². The maximum Gasteiger partial charge on any atom is 0.337 e. The van der Waals surface area contributed by atoms with Crippen LogP contribution in [0.25, 0.3) is 0 Å². The van der Waals surface area contributed by atoms with E-state index in [0.29, 0.717) is 33.8 Å². The molecule has 3 rings (SSSR count). The lowest BCUT2D eigenvalue weighted by Crippen LogP contribution is -2.07. The summed E-state index contributed by atoms with van der Waals surface area (Å²) < 4.78 is 12.4. The van der Waals surface area contributed by atoms with Crippen LogP contribution in [0.3, 0.4) is 0 Å². The number of methoxy groups -OCH3 is 1. The van der Waals surface area contributed by atoms with E-state index in [1.54, 1.807) is 43.5 Å². The molecular weight excluding hydrogens is 529 g/mol. The molecule has 0 saturated heterocycles. The Morgan fingerprint density at radius 2 is 1.84 bits per heavy atom. The molecule has 31 heavy (non-hydrogen) atoms. The van der Waals surface area contributed by atoms with Crippen molar-refractivity contribution in [2.75, 3.05) is 12.4 Å². The monoisotopic (exact) mass is 543 g/mol. The van der Waals surface area contributed by atoms with Crippen LogP contribution in [0, 0.1) is 0 Å². The Morgan fingerprint density at radius 3 is 2.48 bits per heavy atom. The topological polar surface area (TPSA) is 67.8 Å². The van der Waals surface area contributed by atoms with Gasteiger partial charge in [0.05, 0.1) is 17.7 Å². The minimum Gasteiger partial charge on any atom is -0.493 e. The molecule has 0 saturated carbocycles. The van der Waals surface area contributed by atoms with Gasteiger partial charge in [-0.15, -0.1) is 0 Å². The van der Waals surface area contributed by atoms with Gasteiger partial charge < -0.3 is 19.9 Å². The predicted octanol–water partition coefficient (Wildman–Crippen LogP) is 7.31. The molecule has 0 amide bonds. The van der Waals surface area contributed by atoms with Crippen LogP contribution in [0.5, 0.6) is 11.5 Å². The number of ether oxygens (including phenoxy) is 2. The maximum absolute atomic E-state index is 11.1. The number of halogens is 4. The van der Waals surface area contributed by atoms with Gasteiger partial charge in [0, 0.05) is 37.9 Å². The summed E-state index contributed by atoms with van der Waals surface area (Å²) in [6, 6.07) is 13.5. The molecule has 0 spiro atoms. The average Bonchev–Trinajstić information content (AvgIpc) is 2.72. The highest BCUT2D eigenvalue weighted by Gasteiger charge is 2.16. The van der Waals surface area contributed by atoms with Crippen LogP contribution in [-0.2, 0) is 13.2 Å². The zero-order valence-electron chi connectivity index (χ0n) is 16.2. The Hall–Kier alpha value is -2.12. The van der Waals surface area contributed by atoms with Crippen molar-refractivity contribution in [3.8, 4) is 11.5 Å². The standard InChI is InChI=1S/C22H17BrCl3NO4/c1-30-20-7-6-17(23)16(10-27-14-4-5-15(22(28)29)19(26)9-14)21(20)31-11-12-2-3-13(24)8-18(12)25/h2-9,27H,10-11H2,1H3,(H,28,29). The van der Waals surface area contributed by atoms with Gasteiger partial charge in [0.25, 0.3) is 0 Å². The van der Waals surface area contributed by atoms with E-state index in [0.717, 1.165) is 15.6 Å². The van der Waals surface area contributed by atoms with Crippen molar-refractivity contribution in [2.45, 2.75) is 13.2 Å². The minimum absolute atomic E-state index is 0.0404. The fourth-order valence-corrected chi connectivity index (χ4v) is 4.02. The van der Waals surface area contributed by atoms with Crippen LogP contribution in [0.4, 0.5) is 5.69 Å². The number of carbonyl (C=O) groups is 1. The second kappa shape index (κ2) is 10.5. The first kappa shape index (κ1) is 23.5. The van der Waals surface area contributed by atoms with Gasteiger partial charge in [-0.1, -0.05) is 56.8 Å². The molecule has 0 radical (unpaired) electrons. The number of carboxylic acids is 1. The predicted molar refractivity (Wildman–Crippen MR) is 127 cm³/mol. The second-order valence-electron chi connectivity index (χ2n) is 6.44. The fraction of sp³-hybridized carbons (Fsp3) is 0.136. The average molecular weight is 546 g/mol. The van der Waals surface area contributed by atoms with E-state index in [1.165, 1.54) is 6.07 Å². The van der Waals surface area contributed by atoms with Gasteiger partial charge in [0.15, 0.2) is 11.5 Å². The fourth-order valence-electron chi connectivity index (χ4n) is 2.84. The molecule has 2 N–H and O–H groups in total. The Labute approximate surface area is 203 Å². The molecule has 3 aromatic rings. The van der Waals surface area contributed by atoms with E-state index in [4.69, 9.17) is 49.4 Å². The highest BCUT2D eigenvalue weighted by Crippen LogP contribution is 2.38. The zero-order valence-corrected chi connectivity index (χ0v) is 20.1. The third-order valence-electron chi connectivity index (χ3n) is 4.44. The van der Waals surface area contributed by atoms with Crippen LogP contribution in [0.1, 0.15) is 21.5 Å². The summed E-state index contributed by atoms with van der Waals surface area (Å²) in [5, 5.41) is 13.6. The number of rotatable bonds is 8. The Bertz CT molecular complexity index is 1120. The Morgan fingerprint density at radius 1 is 1.06 bits per heavy atom. The molecule has 9 heteroatoms. The molecule has 5 nitrogen and oxygen atoms in total. The van der Waals surface area contributed by atoms with Crippen molar-refractivity contribution in [3.63, 3.8) is 0 Å². The first-order valence-electron chi connectivity index (χ1n) is 8.99. The number of carboxylic acid groups (broad SMARTS) is 1. The number of nitrogens with one attached hydrogen (secondary N) is 1. The number of benzene rings is 3. The lowest BCUT2D eigenvalue weighted by atomic mass is 10.1. The van der Waals surface area contributed by atoms with Crippen LogP contribution in [0.2, 0.25) is 15.1 Å². The molecular formula is C22H17BrCl3NO4. The number of hydrogen-bond acceptors (Lipinski definition) is 4. The molecule has 0 fully saturated rings. The van der Waals surface area contributed by atoms with Crippen LogP contribution in [0.15, 0.2) is 53.0 Å². The van der Waals surface area contributed by atoms with Crippen LogP contribution < -0.4 is 14.8 Å². The largest absolute Gasteiger partial charge is 0.493 e. The molecule has 0 heterocycles.